The lowest BCUT2D eigenvalue weighted by molar-refractivity contribution is -0.136. The number of rotatable bonds is 4. The first-order chi connectivity index (χ1) is 11.0. The van der Waals surface area contributed by atoms with Crippen LogP contribution in [-0.2, 0) is 4.79 Å². The molecule has 1 aliphatic heterocycles. The minimum atomic E-state index is -0.272. The van der Waals surface area contributed by atoms with Crippen LogP contribution >= 0.6 is 15.9 Å². The van der Waals surface area contributed by atoms with Crippen LogP contribution in [0, 0.1) is 11.3 Å². The second-order valence-corrected chi connectivity index (χ2v) is 6.82. The number of carbonyl (C=O) groups excluding carboxylic acids is 1. The molecular weight excluding hydrogens is 358 g/mol. The van der Waals surface area contributed by atoms with E-state index >= 15 is 0 Å². The molecule has 1 fully saturated rings. The Balaban J connectivity index is 2.00. The quantitative estimate of drug-likeness (QED) is 0.355. The SMILES string of the molecule is CC(C)C(=O)N1CCCCC1C(=N)/N=N\Nc1cccc(Br)c1. The number of likely N-dealkylation sites (tertiary alicyclic amines) is 1. The van der Waals surface area contributed by atoms with Crippen molar-refractivity contribution in [2.45, 2.75) is 39.2 Å². The van der Waals surface area contributed by atoms with Gasteiger partial charge in [-0.2, -0.15) is 0 Å². The molecule has 1 aromatic rings. The van der Waals surface area contributed by atoms with Crippen LogP contribution in [0.2, 0.25) is 0 Å². The molecule has 0 radical (unpaired) electrons. The lowest BCUT2D eigenvalue weighted by Crippen LogP contribution is -2.48. The van der Waals surface area contributed by atoms with E-state index in [9.17, 15) is 4.79 Å². The Morgan fingerprint density at radius 3 is 2.91 bits per heavy atom. The van der Waals surface area contributed by atoms with Gasteiger partial charge in [-0.05, 0) is 37.5 Å². The number of nitrogens with one attached hydrogen (secondary N) is 2. The second-order valence-electron chi connectivity index (χ2n) is 5.91. The maximum absolute atomic E-state index is 12.3. The maximum Gasteiger partial charge on any atom is 0.225 e. The molecule has 1 aliphatic rings. The van der Waals surface area contributed by atoms with Gasteiger partial charge in [-0.25, -0.2) is 0 Å². The Morgan fingerprint density at radius 1 is 1.43 bits per heavy atom. The van der Waals surface area contributed by atoms with Crippen LogP contribution in [0.15, 0.2) is 39.1 Å². The molecule has 1 unspecified atom stereocenters. The van der Waals surface area contributed by atoms with Crippen LogP contribution in [0.3, 0.4) is 0 Å². The molecule has 0 saturated carbocycles. The number of carbonyl (C=O) groups is 1. The van der Waals surface area contributed by atoms with E-state index in [1.807, 2.05) is 38.1 Å². The molecule has 0 aliphatic carbocycles. The van der Waals surface area contributed by atoms with Crippen molar-refractivity contribution in [3.05, 3.63) is 28.7 Å². The Kier molecular flexibility index (Phi) is 6.27. The van der Waals surface area contributed by atoms with Gasteiger partial charge in [-0.3, -0.25) is 15.6 Å². The van der Waals surface area contributed by atoms with Gasteiger partial charge in [-0.15, -0.1) is 5.11 Å². The first kappa shape index (κ1) is 17.6. The Morgan fingerprint density at radius 2 is 2.22 bits per heavy atom. The number of hydrogen-bond acceptors (Lipinski definition) is 3. The molecule has 0 spiro atoms. The fourth-order valence-corrected chi connectivity index (χ4v) is 2.97. The predicted octanol–water partition coefficient (Wildman–Crippen LogP) is 4.24. The van der Waals surface area contributed by atoms with E-state index in [0.717, 1.165) is 29.4 Å². The smallest absolute Gasteiger partial charge is 0.225 e. The van der Waals surface area contributed by atoms with Crippen molar-refractivity contribution in [2.75, 3.05) is 12.0 Å². The van der Waals surface area contributed by atoms with Crippen molar-refractivity contribution in [2.24, 2.45) is 16.3 Å². The Labute approximate surface area is 145 Å². The number of piperidine rings is 1. The molecule has 1 atom stereocenters. The monoisotopic (exact) mass is 379 g/mol. The lowest BCUT2D eigenvalue weighted by atomic mass is 9.99. The summed E-state index contributed by atoms with van der Waals surface area (Å²) in [6.45, 7) is 4.46. The zero-order valence-electron chi connectivity index (χ0n) is 13.4. The summed E-state index contributed by atoms with van der Waals surface area (Å²) in [5, 5.41) is 16.0. The van der Waals surface area contributed by atoms with Crippen molar-refractivity contribution < 1.29 is 4.79 Å². The molecule has 1 aromatic carbocycles. The van der Waals surface area contributed by atoms with Gasteiger partial charge >= 0.3 is 0 Å². The van der Waals surface area contributed by atoms with Crippen molar-refractivity contribution >= 4 is 33.4 Å². The molecule has 2 rings (SSSR count). The first-order valence-corrected chi connectivity index (χ1v) is 8.59. The highest BCUT2D eigenvalue weighted by molar-refractivity contribution is 9.10. The highest BCUT2D eigenvalue weighted by Crippen LogP contribution is 2.21. The molecule has 1 heterocycles. The topological polar surface area (TPSA) is 80.9 Å². The molecule has 0 aromatic heterocycles. The van der Waals surface area contributed by atoms with E-state index in [-0.39, 0.29) is 23.7 Å². The summed E-state index contributed by atoms with van der Waals surface area (Å²) in [6.07, 6.45) is 2.76. The number of nitrogens with zero attached hydrogens (tertiary/aromatic N) is 3. The largest absolute Gasteiger partial charge is 0.332 e. The van der Waals surface area contributed by atoms with Crippen LogP contribution < -0.4 is 5.43 Å². The summed E-state index contributed by atoms with van der Waals surface area (Å²) in [5.41, 5.74) is 3.59. The summed E-state index contributed by atoms with van der Waals surface area (Å²) in [7, 11) is 0. The van der Waals surface area contributed by atoms with Gasteiger partial charge in [0.05, 0.1) is 11.7 Å². The number of halogens is 1. The van der Waals surface area contributed by atoms with Crippen molar-refractivity contribution in [3.8, 4) is 0 Å². The molecule has 23 heavy (non-hydrogen) atoms. The van der Waals surface area contributed by atoms with Gasteiger partial charge in [0.1, 0.15) is 0 Å². The lowest BCUT2D eigenvalue weighted by Gasteiger charge is -2.35. The summed E-state index contributed by atoms with van der Waals surface area (Å²) < 4.78 is 0.939. The summed E-state index contributed by atoms with van der Waals surface area (Å²) >= 11 is 3.38. The maximum atomic E-state index is 12.3. The number of hydrogen-bond donors (Lipinski definition) is 2. The van der Waals surface area contributed by atoms with Crippen LogP contribution in [0.1, 0.15) is 33.1 Å². The average molecular weight is 380 g/mol. The Bertz CT molecular complexity index is 602. The number of benzene rings is 1. The zero-order chi connectivity index (χ0) is 16.8. The third-order valence-corrected chi connectivity index (χ3v) is 4.25. The van der Waals surface area contributed by atoms with Gasteiger partial charge in [-0.1, -0.05) is 41.1 Å². The van der Waals surface area contributed by atoms with Gasteiger partial charge in [0.2, 0.25) is 5.91 Å². The number of amidine groups is 1. The van der Waals surface area contributed by atoms with Crippen molar-refractivity contribution in [1.82, 2.24) is 4.90 Å². The van der Waals surface area contributed by atoms with Crippen LogP contribution in [0.5, 0.6) is 0 Å². The minimum Gasteiger partial charge on any atom is -0.332 e. The molecule has 2 N–H and O–H groups in total. The Hall–Kier alpha value is -1.76. The predicted molar refractivity (Wildman–Crippen MR) is 94.5 cm³/mol. The molecule has 0 bridgehead atoms. The summed E-state index contributed by atoms with van der Waals surface area (Å²) in [6, 6.07) is 7.27. The van der Waals surface area contributed by atoms with E-state index in [0.29, 0.717) is 6.54 Å². The fourth-order valence-electron chi connectivity index (χ4n) is 2.57. The van der Waals surface area contributed by atoms with Crippen LogP contribution in [-0.4, -0.2) is 29.2 Å². The molecule has 124 valence electrons. The summed E-state index contributed by atoms with van der Waals surface area (Å²) in [4.78, 5) is 14.1. The highest BCUT2D eigenvalue weighted by Gasteiger charge is 2.31. The number of amides is 1. The van der Waals surface area contributed by atoms with E-state index in [2.05, 4.69) is 31.7 Å². The van der Waals surface area contributed by atoms with Gasteiger partial charge in [0, 0.05) is 16.9 Å². The molecule has 1 saturated heterocycles. The van der Waals surface area contributed by atoms with E-state index in [4.69, 9.17) is 5.41 Å². The third kappa shape index (κ3) is 4.86. The molecule has 7 heteroatoms. The molecular formula is C16H22BrN5O. The fraction of sp³-hybridized carbons (Fsp3) is 0.500. The first-order valence-electron chi connectivity index (χ1n) is 7.80. The average Bonchev–Trinajstić information content (AvgIpc) is 2.54. The van der Waals surface area contributed by atoms with Crippen molar-refractivity contribution in [3.63, 3.8) is 0 Å². The molecule has 1 amide bonds. The summed E-state index contributed by atoms with van der Waals surface area (Å²) in [5.74, 6) is 0.135. The highest BCUT2D eigenvalue weighted by atomic mass is 79.9. The number of anilines is 1. The molecule has 6 nitrogen and oxygen atoms in total. The van der Waals surface area contributed by atoms with Crippen LogP contribution in [0.4, 0.5) is 5.69 Å². The van der Waals surface area contributed by atoms with Gasteiger partial charge < -0.3 is 4.90 Å². The van der Waals surface area contributed by atoms with E-state index in [1.165, 1.54) is 0 Å². The zero-order valence-corrected chi connectivity index (χ0v) is 15.0. The van der Waals surface area contributed by atoms with E-state index in [1.54, 1.807) is 4.90 Å². The van der Waals surface area contributed by atoms with Gasteiger partial charge in [0.15, 0.2) is 5.84 Å². The third-order valence-electron chi connectivity index (χ3n) is 3.76. The van der Waals surface area contributed by atoms with E-state index < -0.39 is 0 Å². The van der Waals surface area contributed by atoms with Gasteiger partial charge in [0.25, 0.3) is 0 Å². The second kappa shape index (κ2) is 8.19. The normalized spacial score (nSPS) is 18.4. The standard InChI is InChI=1S/C16H22BrN5O/c1-11(2)16(23)22-9-4-3-8-14(22)15(18)20-21-19-13-7-5-6-12(17)10-13/h5-7,10-11,14H,3-4,8-9H2,1-2H3,(H2,18,19,20). The minimum absolute atomic E-state index is 0.0693. The van der Waals surface area contributed by atoms with Crippen molar-refractivity contribution in [1.29, 1.82) is 5.41 Å². The van der Waals surface area contributed by atoms with Crippen LogP contribution in [0.25, 0.3) is 0 Å².